The van der Waals surface area contributed by atoms with Crippen molar-refractivity contribution in [2.45, 2.75) is 124 Å². The van der Waals surface area contributed by atoms with Crippen LogP contribution in [0.2, 0.25) is 0 Å². The van der Waals surface area contributed by atoms with Gasteiger partial charge in [-0.1, -0.05) is 113 Å². The lowest BCUT2D eigenvalue weighted by Crippen LogP contribution is -1.90. The number of allylic oxidation sites excluding steroid dienone is 6. The zero-order valence-electron chi connectivity index (χ0n) is 21.3. The van der Waals surface area contributed by atoms with Gasteiger partial charge in [0.1, 0.15) is 0 Å². The van der Waals surface area contributed by atoms with Gasteiger partial charge in [0.2, 0.25) is 0 Å². The Morgan fingerprint density at radius 3 is 2.10 bits per heavy atom. The molecule has 1 heteroatoms. The van der Waals surface area contributed by atoms with Gasteiger partial charge in [-0.25, -0.2) is 0 Å². The maximum atomic E-state index is 3.68. The van der Waals surface area contributed by atoms with Crippen LogP contribution in [0.1, 0.15) is 124 Å². The third-order valence-corrected chi connectivity index (χ3v) is 6.93. The molecule has 0 nitrogen and oxygen atoms in total. The molecule has 0 N–H and O–H groups in total. The normalized spacial score (nSPS) is 12.0. The SMILES string of the molecule is C/C=C\C=C(/C)C#CCCCCCCCCCC/C=C/CC[S-](C)#CCCCCCC. The smallest absolute Gasteiger partial charge is 0.00923 e. The van der Waals surface area contributed by atoms with Crippen molar-refractivity contribution in [1.82, 2.24) is 0 Å². The van der Waals surface area contributed by atoms with Crippen LogP contribution in [0.4, 0.5) is 0 Å². The van der Waals surface area contributed by atoms with E-state index in [4.69, 9.17) is 0 Å². The summed E-state index contributed by atoms with van der Waals surface area (Å²) in [6.45, 7) is 6.39. The molecule has 0 heterocycles. The molecule has 0 atom stereocenters. The van der Waals surface area contributed by atoms with Crippen LogP contribution in [-0.2, 0) is 10.3 Å². The highest BCUT2D eigenvalue weighted by molar-refractivity contribution is 7.85. The molecule has 0 amide bonds. The summed E-state index contributed by atoms with van der Waals surface area (Å²) < 4.78 is 0. The lowest BCUT2D eigenvalue weighted by molar-refractivity contribution is 0.572. The fraction of sp³-hybridized carbons (Fsp3) is 0.700. The van der Waals surface area contributed by atoms with Crippen molar-refractivity contribution in [1.29, 1.82) is 0 Å². The Kier molecular flexibility index (Phi) is 24.3. The minimum Gasteiger partial charge on any atom is -0.457 e. The van der Waals surface area contributed by atoms with Crippen molar-refractivity contribution >= 4 is 10.3 Å². The second kappa shape index (κ2) is 25.2. The summed E-state index contributed by atoms with van der Waals surface area (Å²) >= 11 is 0. The third-order valence-electron chi connectivity index (χ3n) is 5.38. The van der Waals surface area contributed by atoms with Crippen molar-refractivity contribution in [2.75, 3.05) is 12.0 Å². The van der Waals surface area contributed by atoms with Crippen LogP contribution in [0.15, 0.2) is 36.0 Å². The van der Waals surface area contributed by atoms with Gasteiger partial charge in [0.25, 0.3) is 0 Å². The van der Waals surface area contributed by atoms with E-state index in [9.17, 15) is 0 Å². The van der Waals surface area contributed by atoms with Crippen LogP contribution < -0.4 is 0 Å². The quantitative estimate of drug-likeness (QED) is 0.0690. The predicted octanol–water partition coefficient (Wildman–Crippen LogP) is 9.54. The Labute approximate surface area is 198 Å². The molecule has 0 aliphatic carbocycles. The van der Waals surface area contributed by atoms with Gasteiger partial charge in [0.05, 0.1) is 0 Å². The first-order chi connectivity index (χ1) is 15.2. The molecular formula is C30H51S-. The lowest BCUT2D eigenvalue weighted by Gasteiger charge is -2.09. The highest BCUT2D eigenvalue weighted by Crippen LogP contribution is 2.11. The topological polar surface area (TPSA) is 0 Å². The molecule has 178 valence electrons. The summed E-state index contributed by atoms with van der Waals surface area (Å²) in [6.07, 6.45) is 34.4. The number of unbranched alkanes of at least 4 members (excludes halogenated alkanes) is 13. The van der Waals surface area contributed by atoms with Crippen LogP contribution >= 0.6 is 0 Å². The predicted molar refractivity (Wildman–Crippen MR) is 147 cm³/mol. The van der Waals surface area contributed by atoms with Crippen LogP contribution in [0.25, 0.3) is 0 Å². The van der Waals surface area contributed by atoms with Crippen molar-refractivity contribution in [3.05, 3.63) is 36.0 Å². The first-order valence-corrected chi connectivity index (χ1v) is 14.8. The van der Waals surface area contributed by atoms with Crippen LogP contribution in [-0.4, -0.2) is 12.0 Å². The first-order valence-electron chi connectivity index (χ1n) is 13.0. The Hall–Kier alpha value is -1.09. The fourth-order valence-electron chi connectivity index (χ4n) is 3.37. The number of hydrogen-bond donors (Lipinski definition) is 0. The molecule has 0 aliphatic rings. The summed E-state index contributed by atoms with van der Waals surface area (Å²) in [6, 6.07) is 0. The molecule has 0 saturated heterocycles. The highest BCUT2D eigenvalue weighted by atomic mass is 32.2. The van der Waals surface area contributed by atoms with Crippen molar-refractivity contribution in [3.8, 4) is 17.0 Å². The summed E-state index contributed by atoms with van der Waals surface area (Å²) in [4.78, 5) is 0. The van der Waals surface area contributed by atoms with Gasteiger partial charge in [-0.05, 0) is 51.5 Å². The molecule has 0 fully saturated rings. The second-order valence-electron chi connectivity index (χ2n) is 8.60. The zero-order chi connectivity index (χ0) is 22.8. The zero-order valence-corrected chi connectivity index (χ0v) is 22.1. The largest absolute Gasteiger partial charge is 0.457 e. The van der Waals surface area contributed by atoms with Crippen molar-refractivity contribution in [3.63, 3.8) is 0 Å². The van der Waals surface area contributed by atoms with Crippen LogP contribution in [0.5, 0.6) is 0 Å². The van der Waals surface area contributed by atoms with Gasteiger partial charge in [-0.3, -0.25) is 0 Å². The molecule has 0 aromatic heterocycles. The fourth-order valence-corrected chi connectivity index (χ4v) is 4.50. The lowest BCUT2D eigenvalue weighted by atomic mass is 10.1. The van der Waals surface area contributed by atoms with Gasteiger partial charge in [0, 0.05) is 6.42 Å². The third kappa shape index (κ3) is 25.0. The Morgan fingerprint density at radius 2 is 1.39 bits per heavy atom. The van der Waals surface area contributed by atoms with E-state index in [1.807, 2.05) is 13.0 Å². The molecule has 0 radical (unpaired) electrons. The monoisotopic (exact) mass is 443 g/mol. The molecule has 0 aromatic carbocycles. The molecule has 31 heavy (non-hydrogen) atoms. The molecule has 0 saturated carbocycles. The maximum Gasteiger partial charge on any atom is 0.00923 e. The van der Waals surface area contributed by atoms with E-state index in [-0.39, 0.29) is 0 Å². The number of hydrogen-bond acceptors (Lipinski definition) is 1. The van der Waals surface area contributed by atoms with Crippen molar-refractivity contribution in [2.24, 2.45) is 0 Å². The van der Waals surface area contributed by atoms with Crippen molar-refractivity contribution < 1.29 is 0 Å². The maximum absolute atomic E-state index is 3.68. The summed E-state index contributed by atoms with van der Waals surface area (Å²) in [7, 11) is 0.391. The molecular weight excluding hydrogens is 392 g/mol. The average molecular weight is 444 g/mol. The van der Waals surface area contributed by atoms with E-state index in [0.717, 1.165) is 12.0 Å². The number of rotatable bonds is 17. The summed E-state index contributed by atoms with van der Waals surface area (Å²) in [5, 5.41) is 3.68. The Balaban J connectivity index is 3.43. The van der Waals surface area contributed by atoms with Gasteiger partial charge in [-0.2, -0.15) is 0 Å². The molecule has 0 unspecified atom stereocenters. The average Bonchev–Trinajstić information content (AvgIpc) is 2.77. The van der Waals surface area contributed by atoms with Gasteiger partial charge >= 0.3 is 0 Å². The molecule has 0 spiro atoms. The van der Waals surface area contributed by atoms with E-state index < -0.39 is 0 Å². The minimum atomic E-state index is 0.391. The van der Waals surface area contributed by atoms with Crippen LogP contribution in [0.3, 0.4) is 0 Å². The van der Waals surface area contributed by atoms with E-state index in [1.165, 1.54) is 102 Å². The Bertz CT molecular complexity index is 624. The van der Waals surface area contributed by atoms with E-state index in [0.29, 0.717) is 10.3 Å². The minimum absolute atomic E-state index is 0.391. The summed E-state index contributed by atoms with van der Waals surface area (Å²) in [5.74, 6) is 7.82. The van der Waals surface area contributed by atoms with Gasteiger partial charge in [-0.15, -0.1) is 12.0 Å². The van der Waals surface area contributed by atoms with E-state index in [1.54, 1.807) is 0 Å². The van der Waals surface area contributed by atoms with Crippen LogP contribution in [0, 0.1) is 17.0 Å². The Morgan fingerprint density at radius 1 is 0.774 bits per heavy atom. The first kappa shape index (κ1) is 29.9. The molecule has 0 aromatic rings. The van der Waals surface area contributed by atoms with E-state index >= 15 is 0 Å². The van der Waals surface area contributed by atoms with E-state index in [2.05, 4.69) is 61.4 Å². The molecule has 0 bridgehead atoms. The van der Waals surface area contributed by atoms with Gasteiger partial charge in [0.15, 0.2) is 0 Å². The second-order valence-corrected chi connectivity index (χ2v) is 10.6. The summed E-state index contributed by atoms with van der Waals surface area (Å²) in [5.41, 5.74) is 1.16. The van der Waals surface area contributed by atoms with Gasteiger partial charge < -0.3 is 15.5 Å². The highest BCUT2D eigenvalue weighted by Gasteiger charge is 1.91. The molecule has 0 aliphatic heterocycles. The standard InChI is InChI=1S/C30H51S/c1-5-7-9-21-24-28-31(4)29-25-22-19-17-15-13-11-10-12-14-16-18-20-23-27-30(3)26-8-6-2/h6,8,19,22,26H,5,7,9-18,20-21,24-25,29H2,1-4H3/q-1/b8-6-,22-19+,30-26+. The molecule has 0 rings (SSSR count).